The lowest BCUT2D eigenvalue weighted by molar-refractivity contribution is 0.600. The van der Waals surface area contributed by atoms with Crippen LogP contribution in [0.1, 0.15) is 18.5 Å². The Morgan fingerprint density at radius 1 is 1.40 bits per heavy atom. The molecule has 0 radical (unpaired) electrons. The first kappa shape index (κ1) is 10.0. The van der Waals surface area contributed by atoms with E-state index in [2.05, 4.69) is 15.5 Å². The molecule has 1 aromatic heterocycles. The molecule has 2 aromatic rings. The van der Waals surface area contributed by atoms with Crippen LogP contribution < -0.4 is 5.32 Å². The molecule has 0 aliphatic rings. The highest BCUT2D eigenvalue weighted by molar-refractivity contribution is 7.13. The lowest BCUT2D eigenvalue weighted by atomic mass is 10.1. The summed E-state index contributed by atoms with van der Waals surface area (Å²) in [6.45, 7) is 1.89. The zero-order valence-corrected chi connectivity index (χ0v) is 8.96. The Morgan fingerprint density at radius 3 is 2.87 bits per heavy atom. The maximum absolute atomic E-state index is 13.4. The van der Waals surface area contributed by atoms with Gasteiger partial charge in [0.2, 0.25) is 5.13 Å². The molecule has 1 heterocycles. The van der Waals surface area contributed by atoms with Gasteiger partial charge in [0, 0.05) is 5.56 Å². The maximum atomic E-state index is 13.4. The molecule has 1 aromatic carbocycles. The van der Waals surface area contributed by atoms with Crippen LogP contribution in [-0.2, 0) is 0 Å². The normalized spacial score (nSPS) is 12.4. The van der Waals surface area contributed by atoms with Crippen LogP contribution in [0.2, 0.25) is 0 Å². The zero-order valence-electron chi connectivity index (χ0n) is 8.14. The van der Waals surface area contributed by atoms with Gasteiger partial charge in [0.15, 0.2) is 0 Å². The topological polar surface area (TPSA) is 37.8 Å². The number of rotatable bonds is 3. The van der Waals surface area contributed by atoms with Crippen LogP contribution in [0, 0.1) is 5.82 Å². The first-order chi connectivity index (χ1) is 7.27. The SMILES string of the molecule is CC(Nc1nncs1)c1ccccc1F. The number of aromatic nitrogens is 2. The molecule has 1 N–H and O–H groups in total. The van der Waals surface area contributed by atoms with E-state index in [9.17, 15) is 4.39 Å². The van der Waals surface area contributed by atoms with E-state index in [0.717, 1.165) is 0 Å². The van der Waals surface area contributed by atoms with Gasteiger partial charge >= 0.3 is 0 Å². The van der Waals surface area contributed by atoms with Crippen LogP contribution in [-0.4, -0.2) is 10.2 Å². The summed E-state index contributed by atoms with van der Waals surface area (Å²) in [5.74, 6) is -0.206. The van der Waals surface area contributed by atoms with E-state index in [1.165, 1.54) is 17.4 Å². The van der Waals surface area contributed by atoms with Crippen LogP contribution in [0.15, 0.2) is 29.8 Å². The van der Waals surface area contributed by atoms with Crippen LogP contribution in [0.5, 0.6) is 0 Å². The predicted octanol–water partition coefficient (Wildman–Crippen LogP) is 2.85. The highest BCUT2D eigenvalue weighted by Gasteiger charge is 2.10. The van der Waals surface area contributed by atoms with Gasteiger partial charge in [-0.25, -0.2) is 4.39 Å². The molecular weight excluding hydrogens is 213 g/mol. The Kier molecular flexibility index (Phi) is 2.91. The fourth-order valence-electron chi connectivity index (χ4n) is 1.33. The third-order valence-corrected chi connectivity index (χ3v) is 2.69. The van der Waals surface area contributed by atoms with E-state index in [-0.39, 0.29) is 11.9 Å². The number of benzene rings is 1. The van der Waals surface area contributed by atoms with Crippen molar-refractivity contribution in [2.24, 2.45) is 0 Å². The molecule has 0 spiro atoms. The van der Waals surface area contributed by atoms with Crippen LogP contribution in [0.4, 0.5) is 9.52 Å². The first-order valence-corrected chi connectivity index (χ1v) is 5.42. The average molecular weight is 223 g/mol. The maximum Gasteiger partial charge on any atom is 0.205 e. The Morgan fingerprint density at radius 2 is 2.20 bits per heavy atom. The molecule has 0 fully saturated rings. The Hall–Kier alpha value is -1.49. The van der Waals surface area contributed by atoms with E-state index in [1.807, 2.05) is 13.0 Å². The summed E-state index contributed by atoms with van der Waals surface area (Å²) in [4.78, 5) is 0. The highest BCUT2D eigenvalue weighted by Crippen LogP contribution is 2.21. The summed E-state index contributed by atoms with van der Waals surface area (Å²) in [5.41, 5.74) is 2.27. The van der Waals surface area contributed by atoms with Crippen molar-refractivity contribution < 1.29 is 4.39 Å². The van der Waals surface area contributed by atoms with Crippen molar-refractivity contribution in [2.45, 2.75) is 13.0 Å². The van der Waals surface area contributed by atoms with E-state index in [1.54, 1.807) is 17.6 Å². The second kappa shape index (κ2) is 4.35. The summed E-state index contributed by atoms with van der Waals surface area (Å²) in [6.07, 6.45) is 0. The average Bonchev–Trinajstić information content (AvgIpc) is 2.71. The molecule has 5 heteroatoms. The van der Waals surface area contributed by atoms with Gasteiger partial charge in [0.1, 0.15) is 11.3 Å². The molecule has 0 saturated carbocycles. The Bertz CT molecular complexity index is 430. The molecule has 1 unspecified atom stereocenters. The smallest absolute Gasteiger partial charge is 0.205 e. The highest BCUT2D eigenvalue weighted by atomic mass is 32.1. The number of halogens is 1. The largest absolute Gasteiger partial charge is 0.353 e. The van der Waals surface area contributed by atoms with E-state index in [0.29, 0.717) is 10.7 Å². The minimum absolute atomic E-state index is 0.112. The summed E-state index contributed by atoms with van der Waals surface area (Å²) in [5, 5.41) is 11.3. The zero-order chi connectivity index (χ0) is 10.7. The monoisotopic (exact) mass is 223 g/mol. The van der Waals surface area contributed by atoms with Crippen LogP contribution in [0.3, 0.4) is 0 Å². The van der Waals surface area contributed by atoms with Gasteiger partial charge in [-0.05, 0) is 13.0 Å². The van der Waals surface area contributed by atoms with Crippen molar-refractivity contribution in [3.05, 3.63) is 41.2 Å². The van der Waals surface area contributed by atoms with Gasteiger partial charge in [0.25, 0.3) is 0 Å². The second-order valence-electron chi connectivity index (χ2n) is 3.13. The molecule has 3 nitrogen and oxygen atoms in total. The molecule has 0 aliphatic heterocycles. The minimum Gasteiger partial charge on any atom is -0.353 e. The molecule has 1 atom stereocenters. The second-order valence-corrected chi connectivity index (χ2v) is 3.96. The molecule has 0 bridgehead atoms. The predicted molar refractivity (Wildman–Crippen MR) is 58.3 cm³/mol. The third-order valence-electron chi connectivity index (χ3n) is 2.07. The fourth-order valence-corrected chi connectivity index (χ4v) is 1.86. The molecular formula is C10H10FN3S. The number of hydrogen-bond acceptors (Lipinski definition) is 4. The van der Waals surface area contributed by atoms with Gasteiger partial charge in [-0.2, -0.15) is 0 Å². The summed E-state index contributed by atoms with van der Waals surface area (Å²) < 4.78 is 13.4. The molecule has 15 heavy (non-hydrogen) atoms. The van der Waals surface area contributed by atoms with Crippen LogP contribution >= 0.6 is 11.3 Å². The van der Waals surface area contributed by atoms with Crippen molar-refractivity contribution in [1.82, 2.24) is 10.2 Å². The Balaban J connectivity index is 2.15. The summed E-state index contributed by atoms with van der Waals surface area (Å²) in [6, 6.07) is 6.59. The first-order valence-electron chi connectivity index (χ1n) is 4.54. The Labute approximate surface area is 91.0 Å². The van der Waals surface area contributed by atoms with Crippen molar-refractivity contribution in [3.63, 3.8) is 0 Å². The number of nitrogens with one attached hydrogen (secondary N) is 1. The molecule has 0 amide bonds. The van der Waals surface area contributed by atoms with E-state index >= 15 is 0 Å². The number of anilines is 1. The summed E-state index contributed by atoms with van der Waals surface area (Å²) in [7, 11) is 0. The van der Waals surface area contributed by atoms with E-state index in [4.69, 9.17) is 0 Å². The van der Waals surface area contributed by atoms with Crippen LogP contribution in [0.25, 0.3) is 0 Å². The lowest BCUT2D eigenvalue weighted by Gasteiger charge is -2.13. The lowest BCUT2D eigenvalue weighted by Crippen LogP contribution is -2.08. The quantitative estimate of drug-likeness (QED) is 0.869. The molecule has 78 valence electrons. The standard InChI is InChI=1S/C10H10FN3S/c1-7(13-10-14-12-6-15-10)8-4-2-3-5-9(8)11/h2-7H,1H3,(H,13,14). The molecule has 0 aliphatic carbocycles. The minimum atomic E-state index is -0.206. The number of nitrogens with zero attached hydrogens (tertiary/aromatic N) is 2. The van der Waals surface area contributed by atoms with Crippen molar-refractivity contribution >= 4 is 16.5 Å². The molecule has 0 saturated heterocycles. The number of hydrogen-bond donors (Lipinski definition) is 1. The van der Waals surface area contributed by atoms with Gasteiger partial charge in [-0.3, -0.25) is 0 Å². The van der Waals surface area contributed by atoms with Crippen molar-refractivity contribution in [1.29, 1.82) is 0 Å². The van der Waals surface area contributed by atoms with Gasteiger partial charge < -0.3 is 5.32 Å². The van der Waals surface area contributed by atoms with Gasteiger partial charge in [0.05, 0.1) is 6.04 Å². The van der Waals surface area contributed by atoms with E-state index < -0.39 is 0 Å². The summed E-state index contributed by atoms with van der Waals surface area (Å²) >= 11 is 1.40. The van der Waals surface area contributed by atoms with Gasteiger partial charge in [-0.1, -0.05) is 29.5 Å². The van der Waals surface area contributed by atoms with Crippen molar-refractivity contribution in [3.8, 4) is 0 Å². The third kappa shape index (κ3) is 2.30. The van der Waals surface area contributed by atoms with Crippen molar-refractivity contribution in [2.75, 3.05) is 5.32 Å². The molecule has 2 rings (SSSR count). The van der Waals surface area contributed by atoms with Gasteiger partial charge in [-0.15, -0.1) is 10.2 Å². The fraction of sp³-hybridized carbons (Fsp3) is 0.200.